The summed E-state index contributed by atoms with van der Waals surface area (Å²) in [6, 6.07) is -0.0482. The maximum Gasteiger partial charge on any atom is 0.241 e. The molecule has 88 valence electrons. The Morgan fingerprint density at radius 2 is 2.13 bits per heavy atom. The van der Waals surface area contributed by atoms with Crippen LogP contribution in [0.15, 0.2) is 0 Å². The molecule has 1 aliphatic rings. The van der Waals surface area contributed by atoms with Gasteiger partial charge in [0.05, 0.1) is 6.04 Å². The molecule has 4 nitrogen and oxygen atoms in total. The average Bonchev–Trinajstić information content (AvgIpc) is 2.10. The van der Waals surface area contributed by atoms with Crippen molar-refractivity contribution in [2.24, 2.45) is 0 Å². The number of rotatable bonds is 3. The third-order valence-corrected chi connectivity index (χ3v) is 2.94. The monoisotopic (exact) mass is 213 g/mol. The van der Waals surface area contributed by atoms with Crippen LogP contribution in [0.3, 0.4) is 0 Å². The van der Waals surface area contributed by atoms with Crippen LogP contribution >= 0.6 is 0 Å². The minimum absolute atomic E-state index is 0.0482. The van der Waals surface area contributed by atoms with E-state index in [1.807, 2.05) is 30.8 Å². The zero-order valence-electron chi connectivity index (χ0n) is 10.5. The summed E-state index contributed by atoms with van der Waals surface area (Å²) >= 11 is 0. The van der Waals surface area contributed by atoms with Gasteiger partial charge in [0.2, 0.25) is 5.91 Å². The Kier molecular flexibility index (Phi) is 3.73. The largest absolute Gasteiger partial charge is 0.335 e. The van der Waals surface area contributed by atoms with Gasteiger partial charge >= 0.3 is 0 Å². The van der Waals surface area contributed by atoms with Crippen LogP contribution in [0.5, 0.6) is 0 Å². The van der Waals surface area contributed by atoms with Gasteiger partial charge in [0.15, 0.2) is 0 Å². The average molecular weight is 213 g/mol. The zero-order valence-corrected chi connectivity index (χ0v) is 10.5. The van der Waals surface area contributed by atoms with Gasteiger partial charge in [0.1, 0.15) is 0 Å². The van der Waals surface area contributed by atoms with E-state index in [-0.39, 0.29) is 17.5 Å². The molecule has 1 atom stereocenters. The first-order chi connectivity index (χ1) is 6.88. The van der Waals surface area contributed by atoms with Crippen LogP contribution in [0.2, 0.25) is 0 Å². The fourth-order valence-electron chi connectivity index (χ4n) is 2.13. The molecule has 15 heavy (non-hydrogen) atoms. The highest BCUT2D eigenvalue weighted by Gasteiger charge is 2.38. The second-order valence-electron chi connectivity index (χ2n) is 5.09. The molecule has 1 fully saturated rings. The maximum atomic E-state index is 12.1. The van der Waals surface area contributed by atoms with Gasteiger partial charge in [-0.15, -0.1) is 0 Å². The molecule has 1 rings (SSSR count). The van der Waals surface area contributed by atoms with Crippen molar-refractivity contribution in [2.45, 2.75) is 32.4 Å². The third-order valence-electron chi connectivity index (χ3n) is 2.94. The third kappa shape index (κ3) is 2.69. The Balaban J connectivity index is 2.72. The minimum Gasteiger partial charge on any atom is -0.335 e. The highest BCUT2D eigenvalue weighted by molar-refractivity contribution is 5.83. The van der Waals surface area contributed by atoms with Gasteiger partial charge in [-0.25, -0.2) is 0 Å². The molecule has 0 aromatic carbocycles. The second-order valence-corrected chi connectivity index (χ2v) is 5.09. The molecule has 1 aliphatic heterocycles. The minimum atomic E-state index is -0.0609. The Morgan fingerprint density at radius 3 is 2.60 bits per heavy atom. The number of carbonyl (C=O) groups is 1. The van der Waals surface area contributed by atoms with Gasteiger partial charge in [-0.1, -0.05) is 0 Å². The summed E-state index contributed by atoms with van der Waals surface area (Å²) in [4.78, 5) is 16.2. The number of nitrogens with one attached hydrogen (secondary N) is 1. The van der Waals surface area contributed by atoms with Gasteiger partial charge < -0.3 is 15.1 Å². The molecule has 0 radical (unpaired) electrons. The van der Waals surface area contributed by atoms with Crippen molar-refractivity contribution < 1.29 is 4.79 Å². The van der Waals surface area contributed by atoms with E-state index in [9.17, 15) is 4.79 Å². The Bertz CT molecular complexity index is 238. The summed E-state index contributed by atoms with van der Waals surface area (Å²) in [5.41, 5.74) is -0.0609. The normalized spacial score (nSPS) is 26.1. The van der Waals surface area contributed by atoms with Gasteiger partial charge in [0, 0.05) is 25.2 Å². The Morgan fingerprint density at radius 1 is 1.53 bits per heavy atom. The lowest BCUT2D eigenvalue weighted by atomic mass is 9.97. The molecule has 0 aliphatic carbocycles. The van der Waals surface area contributed by atoms with E-state index in [1.54, 1.807) is 0 Å². The molecule has 1 heterocycles. The molecular weight excluding hydrogens is 190 g/mol. The molecule has 0 bridgehead atoms. The van der Waals surface area contributed by atoms with Crippen molar-refractivity contribution in [1.29, 1.82) is 0 Å². The van der Waals surface area contributed by atoms with Crippen LogP contribution in [0.25, 0.3) is 0 Å². The van der Waals surface area contributed by atoms with Crippen LogP contribution in [-0.4, -0.2) is 61.0 Å². The van der Waals surface area contributed by atoms with E-state index < -0.39 is 0 Å². The lowest BCUT2D eigenvalue weighted by molar-refractivity contribution is -0.142. The Labute approximate surface area is 92.6 Å². The van der Waals surface area contributed by atoms with Crippen LogP contribution in [0.1, 0.15) is 20.8 Å². The van der Waals surface area contributed by atoms with E-state index in [2.05, 4.69) is 19.2 Å². The molecule has 4 heteroatoms. The number of carbonyl (C=O) groups excluding carboxylic acids is 1. The lowest BCUT2D eigenvalue weighted by Gasteiger charge is -2.45. The predicted molar refractivity (Wildman–Crippen MR) is 61.8 cm³/mol. The number of hydrogen-bond acceptors (Lipinski definition) is 3. The quantitative estimate of drug-likeness (QED) is 0.725. The summed E-state index contributed by atoms with van der Waals surface area (Å²) in [6.07, 6.45) is 0. The summed E-state index contributed by atoms with van der Waals surface area (Å²) < 4.78 is 0. The smallest absolute Gasteiger partial charge is 0.241 e. The first-order valence-electron chi connectivity index (χ1n) is 5.58. The molecule has 1 amide bonds. The van der Waals surface area contributed by atoms with Crippen molar-refractivity contribution in [3.05, 3.63) is 0 Å². The maximum absolute atomic E-state index is 12.1. The van der Waals surface area contributed by atoms with Gasteiger partial charge in [-0.3, -0.25) is 4.79 Å². The van der Waals surface area contributed by atoms with Crippen LogP contribution in [0.4, 0.5) is 0 Å². The fraction of sp³-hybridized carbons (Fsp3) is 0.909. The predicted octanol–water partition coefficient (Wildman–Crippen LogP) is 0.147. The van der Waals surface area contributed by atoms with Gasteiger partial charge in [-0.2, -0.15) is 0 Å². The highest BCUT2D eigenvalue weighted by Crippen LogP contribution is 2.19. The lowest BCUT2D eigenvalue weighted by Crippen LogP contribution is -2.66. The van der Waals surface area contributed by atoms with Crippen molar-refractivity contribution in [3.8, 4) is 0 Å². The highest BCUT2D eigenvalue weighted by atomic mass is 16.2. The summed E-state index contributed by atoms with van der Waals surface area (Å²) in [6.45, 7) is 8.67. The first-order valence-corrected chi connectivity index (χ1v) is 5.58. The Hall–Kier alpha value is -0.610. The van der Waals surface area contributed by atoms with E-state index in [0.29, 0.717) is 0 Å². The summed E-state index contributed by atoms with van der Waals surface area (Å²) in [5.74, 6) is 0.224. The number of amides is 1. The van der Waals surface area contributed by atoms with E-state index >= 15 is 0 Å². The van der Waals surface area contributed by atoms with Gasteiger partial charge in [-0.05, 0) is 34.9 Å². The van der Waals surface area contributed by atoms with Crippen LogP contribution < -0.4 is 5.32 Å². The topological polar surface area (TPSA) is 35.6 Å². The number of piperazine rings is 1. The SMILES string of the molecule is CCN1C(=O)C(CN(C)C)NCC1(C)C. The summed E-state index contributed by atoms with van der Waals surface area (Å²) in [5, 5.41) is 3.32. The second kappa shape index (κ2) is 4.49. The fourth-order valence-corrected chi connectivity index (χ4v) is 2.13. The number of likely N-dealkylation sites (N-methyl/N-ethyl adjacent to an activating group) is 2. The van der Waals surface area contributed by atoms with E-state index in [0.717, 1.165) is 19.6 Å². The molecule has 0 spiro atoms. The molecule has 0 aromatic heterocycles. The number of hydrogen-bond donors (Lipinski definition) is 1. The number of nitrogens with zero attached hydrogens (tertiary/aromatic N) is 2. The molecule has 1 unspecified atom stereocenters. The zero-order chi connectivity index (χ0) is 11.6. The van der Waals surface area contributed by atoms with Crippen LogP contribution in [-0.2, 0) is 4.79 Å². The van der Waals surface area contributed by atoms with Crippen molar-refractivity contribution in [1.82, 2.24) is 15.1 Å². The standard InChI is InChI=1S/C11H23N3O/c1-6-14-10(15)9(7-13(4)5)12-8-11(14,2)3/h9,12H,6-8H2,1-5H3. The van der Waals surface area contributed by atoms with E-state index in [4.69, 9.17) is 0 Å². The molecular formula is C11H23N3O. The first kappa shape index (κ1) is 12.5. The molecule has 1 N–H and O–H groups in total. The van der Waals surface area contributed by atoms with Gasteiger partial charge in [0.25, 0.3) is 0 Å². The molecule has 1 saturated heterocycles. The van der Waals surface area contributed by atoms with Crippen molar-refractivity contribution in [2.75, 3.05) is 33.7 Å². The molecule has 0 saturated carbocycles. The van der Waals surface area contributed by atoms with Crippen LogP contribution in [0, 0.1) is 0 Å². The van der Waals surface area contributed by atoms with Crippen molar-refractivity contribution >= 4 is 5.91 Å². The van der Waals surface area contributed by atoms with E-state index in [1.165, 1.54) is 0 Å². The molecule has 0 aromatic rings. The summed E-state index contributed by atoms with van der Waals surface area (Å²) in [7, 11) is 3.98. The van der Waals surface area contributed by atoms with Crippen molar-refractivity contribution in [3.63, 3.8) is 0 Å².